The van der Waals surface area contributed by atoms with Gasteiger partial charge in [0.25, 0.3) is 5.56 Å². The Bertz CT molecular complexity index is 1030. The number of fused-ring (bicyclic) bond motifs is 1. The van der Waals surface area contributed by atoms with Gasteiger partial charge in [-0.25, -0.2) is 4.98 Å². The van der Waals surface area contributed by atoms with E-state index in [-0.39, 0.29) is 5.56 Å². The van der Waals surface area contributed by atoms with Gasteiger partial charge in [-0.1, -0.05) is 11.6 Å². The zero-order valence-electron chi connectivity index (χ0n) is 15.7. The Balaban J connectivity index is 1.52. The Labute approximate surface area is 167 Å². The van der Waals surface area contributed by atoms with Crippen molar-refractivity contribution in [1.29, 1.82) is 0 Å². The van der Waals surface area contributed by atoms with Crippen LogP contribution in [0.5, 0.6) is 5.75 Å². The van der Waals surface area contributed by atoms with Crippen LogP contribution in [0, 0.1) is 0 Å². The minimum Gasteiger partial charge on any atom is -0.492 e. The Morgan fingerprint density at radius 3 is 2.96 bits per heavy atom. The van der Waals surface area contributed by atoms with Gasteiger partial charge in [-0.2, -0.15) is 5.10 Å². The fourth-order valence-electron chi connectivity index (χ4n) is 3.59. The molecule has 2 aromatic heterocycles. The first-order chi connectivity index (χ1) is 13.7. The van der Waals surface area contributed by atoms with Crippen LogP contribution in [0.3, 0.4) is 0 Å². The van der Waals surface area contributed by atoms with Crippen molar-refractivity contribution in [2.75, 3.05) is 19.7 Å². The third-order valence-corrected chi connectivity index (χ3v) is 5.31. The number of rotatable bonds is 5. The maximum atomic E-state index is 12.0. The SMILES string of the molecule is CCOc1ccc(-c2[nH]ncc2CN2CCc3nc[nH]c(=O)c3CC2)cc1Cl. The fourth-order valence-corrected chi connectivity index (χ4v) is 3.83. The topological polar surface area (TPSA) is 86.9 Å². The quantitative estimate of drug-likeness (QED) is 0.688. The van der Waals surface area contributed by atoms with Crippen LogP contribution in [0.2, 0.25) is 5.02 Å². The van der Waals surface area contributed by atoms with E-state index in [2.05, 4.69) is 25.1 Å². The van der Waals surface area contributed by atoms with Crippen LogP contribution in [0.1, 0.15) is 23.7 Å². The molecule has 3 aromatic rings. The Morgan fingerprint density at radius 2 is 2.14 bits per heavy atom. The van der Waals surface area contributed by atoms with E-state index < -0.39 is 0 Å². The first-order valence-corrected chi connectivity index (χ1v) is 9.76. The van der Waals surface area contributed by atoms with Gasteiger partial charge in [-0.3, -0.25) is 14.8 Å². The zero-order valence-corrected chi connectivity index (χ0v) is 16.4. The van der Waals surface area contributed by atoms with Crippen LogP contribution < -0.4 is 10.3 Å². The Morgan fingerprint density at radius 1 is 1.29 bits per heavy atom. The van der Waals surface area contributed by atoms with Gasteiger partial charge in [-0.15, -0.1) is 0 Å². The van der Waals surface area contributed by atoms with Crippen molar-refractivity contribution in [3.05, 3.63) is 62.9 Å². The van der Waals surface area contributed by atoms with Crippen LogP contribution in [-0.4, -0.2) is 44.8 Å². The molecule has 2 N–H and O–H groups in total. The molecule has 0 saturated carbocycles. The van der Waals surface area contributed by atoms with Crippen molar-refractivity contribution in [3.8, 4) is 17.0 Å². The molecule has 0 spiro atoms. The minimum atomic E-state index is -0.0279. The maximum absolute atomic E-state index is 12.0. The molecule has 7 nitrogen and oxygen atoms in total. The largest absolute Gasteiger partial charge is 0.492 e. The molecule has 0 fully saturated rings. The second-order valence-electron chi connectivity index (χ2n) is 6.78. The molecule has 0 saturated heterocycles. The molecule has 1 aromatic carbocycles. The first-order valence-electron chi connectivity index (χ1n) is 9.38. The molecule has 146 valence electrons. The second kappa shape index (κ2) is 8.16. The van der Waals surface area contributed by atoms with E-state index in [0.29, 0.717) is 23.8 Å². The van der Waals surface area contributed by atoms with E-state index in [4.69, 9.17) is 16.3 Å². The lowest BCUT2D eigenvalue weighted by Crippen LogP contribution is -2.26. The van der Waals surface area contributed by atoms with Crippen molar-refractivity contribution in [3.63, 3.8) is 0 Å². The molecule has 0 radical (unpaired) electrons. The third-order valence-electron chi connectivity index (χ3n) is 5.01. The predicted molar refractivity (Wildman–Crippen MR) is 108 cm³/mol. The van der Waals surface area contributed by atoms with Crippen molar-refractivity contribution in [1.82, 2.24) is 25.1 Å². The number of aromatic amines is 2. The summed E-state index contributed by atoms with van der Waals surface area (Å²) in [6, 6.07) is 5.76. The number of halogens is 1. The summed E-state index contributed by atoms with van der Waals surface area (Å²) in [6.07, 6.45) is 4.80. The molecule has 0 atom stereocenters. The third kappa shape index (κ3) is 3.81. The number of aromatic nitrogens is 4. The van der Waals surface area contributed by atoms with E-state index in [1.807, 2.05) is 31.3 Å². The summed E-state index contributed by atoms with van der Waals surface area (Å²) >= 11 is 6.35. The van der Waals surface area contributed by atoms with Crippen LogP contribution in [0.25, 0.3) is 11.3 Å². The molecule has 1 aliphatic heterocycles. The first kappa shape index (κ1) is 18.7. The zero-order chi connectivity index (χ0) is 19.5. The Kier molecular flexibility index (Phi) is 5.45. The van der Waals surface area contributed by atoms with Gasteiger partial charge in [0, 0.05) is 42.7 Å². The van der Waals surface area contributed by atoms with E-state index in [1.54, 1.807) is 0 Å². The summed E-state index contributed by atoms with van der Waals surface area (Å²) in [4.78, 5) is 21.4. The van der Waals surface area contributed by atoms with E-state index in [0.717, 1.165) is 54.1 Å². The highest BCUT2D eigenvalue weighted by Gasteiger charge is 2.19. The number of nitrogens with one attached hydrogen (secondary N) is 2. The molecule has 0 bridgehead atoms. The standard InChI is InChI=1S/C20H22ClN5O2/c1-2-28-18-4-3-13(9-16(18)21)19-14(10-24-25-19)11-26-7-5-15-17(6-8-26)22-12-23-20(15)27/h3-4,9-10,12H,2,5-8,11H2,1H3,(H,24,25)(H,22,23,27). The van der Waals surface area contributed by atoms with Gasteiger partial charge in [-0.05, 0) is 31.5 Å². The van der Waals surface area contributed by atoms with Gasteiger partial charge in [0.2, 0.25) is 0 Å². The van der Waals surface area contributed by atoms with Crippen molar-refractivity contribution in [2.24, 2.45) is 0 Å². The summed E-state index contributed by atoms with van der Waals surface area (Å²) < 4.78 is 5.52. The van der Waals surface area contributed by atoms with Gasteiger partial charge < -0.3 is 9.72 Å². The van der Waals surface area contributed by atoms with Gasteiger partial charge in [0.15, 0.2) is 0 Å². The summed E-state index contributed by atoms with van der Waals surface area (Å²) in [5.41, 5.74) is 4.68. The molecule has 4 rings (SSSR count). The molecule has 1 aliphatic rings. The lowest BCUT2D eigenvalue weighted by molar-refractivity contribution is 0.279. The van der Waals surface area contributed by atoms with Crippen LogP contribution in [-0.2, 0) is 19.4 Å². The molecule has 28 heavy (non-hydrogen) atoms. The van der Waals surface area contributed by atoms with E-state index in [9.17, 15) is 4.79 Å². The number of H-pyrrole nitrogens is 2. The summed E-state index contributed by atoms with van der Waals surface area (Å²) in [7, 11) is 0. The lowest BCUT2D eigenvalue weighted by Gasteiger charge is -2.19. The smallest absolute Gasteiger partial charge is 0.254 e. The number of nitrogens with zero attached hydrogens (tertiary/aromatic N) is 3. The molecule has 3 heterocycles. The maximum Gasteiger partial charge on any atom is 0.254 e. The summed E-state index contributed by atoms with van der Waals surface area (Å²) in [5, 5.41) is 7.90. The highest BCUT2D eigenvalue weighted by molar-refractivity contribution is 6.32. The highest BCUT2D eigenvalue weighted by atomic mass is 35.5. The van der Waals surface area contributed by atoms with Gasteiger partial charge in [0.1, 0.15) is 5.75 Å². The number of ether oxygens (including phenoxy) is 1. The van der Waals surface area contributed by atoms with Crippen molar-refractivity contribution >= 4 is 11.6 Å². The molecule has 8 heteroatoms. The average Bonchev–Trinajstić information content (AvgIpc) is 3.04. The van der Waals surface area contributed by atoms with Crippen molar-refractivity contribution < 1.29 is 4.74 Å². The molecular weight excluding hydrogens is 378 g/mol. The second-order valence-corrected chi connectivity index (χ2v) is 7.19. The van der Waals surface area contributed by atoms with Crippen LogP contribution >= 0.6 is 11.6 Å². The van der Waals surface area contributed by atoms with Crippen LogP contribution in [0.15, 0.2) is 35.5 Å². The summed E-state index contributed by atoms with van der Waals surface area (Å²) in [6.45, 7) is 4.89. The predicted octanol–water partition coefficient (Wildman–Crippen LogP) is 2.81. The highest BCUT2D eigenvalue weighted by Crippen LogP contribution is 2.31. The van der Waals surface area contributed by atoms with Crippen molar-refractivity contribution in [2.45, 2.75) is 26.3 Å². The molecule has 0 amide bonds. The molecule has 0 unspecified atom stereocenters. The minimum absolute atomic E-state index is 0.0279. The van der Waals surface area contributed by atoms with Gasteiger partial charge >= 0.3 is 0 Å². The van der Waals surface area contributed by atoms with Crippen LogP contribution in [0.4, 0.5) is 0 Å². The lowest BCUT2D eigenvalue weighted by atomic mass is 10.1. The normalized spacial score (nSPS) is 14.5. The monoisotopic (exact) mass is 399 g/mol. The molecular formula is C20H22ClN5O2. The Hall–Kier alpha value is -2.64. The molecule has 0 aliphatic carbocycles. The fraction of sp³-hybridized carbons (Fsp3) is 0.350. The summed E-state index contributed by atoms with van der Waals surface area (Å²) in [5.74, 6) is 0.678. The number of hydrogen-bond donors (Lipinski definition) is 2. The number of hydrogen-bond acceptors (Lipinski definition) is 5. The van der Waals surface area contributed by atoms with Gasteiger partial charge in [0.05, 0.1) is 35.5 Å². The van der Waals surface area contributed by atoms with E-state index >= 15 is 0 Å². The average molecular weight is 400 g/mol. The van der Waals surface area contributed by atoms with E-state index in [1.165, 1.54) is 6.33 Å². The number of benzene rings is 1.